The SMILES string of the molecule is O=C(CO)N[C@@H]1C(O)C[C@](O)(C(=O)O)OC1[C@H](O)[C@H](O)CO. The number of amides is 1. The Balaban J connectivity index is 3.07. The molecule has 0 aromatic rings. The molecule has 1 aliphatic heterocycles. The van der Waals surface area contributed by atoms with Crippen molar-refractivity contribution in [1.82, 2.24) is 5.32 Å². The Bertz CT molecular complexity index is 418. The number of nitrogens with one attached hydrogen (secondary N) is 1. The zero-order chi connectivity index (χ0) is 17.1. The third-order valence-electron chi connectivity index (χ3n) is 3.31. The summed E-state index contributed by atoms with van der Waals surface area (Å²) in [4.78, 5) is 22.2. The van der Waals surface area contributed by atoms with Gasteiger partial charge >= 0.3 is 5.97 Å². The fourth-order valence-corrected chi connectivity index (χ4v) is 2.13. The summed E-state index contributed by atoms with van der Waals surface area (Å²) in [6.07, 6.45) is -7.92. The molecule has 1 aliphatic rings. The predicted molar refractivity (Wildman–Crippen MR) is 66.2 cm³/mol. The summed E-state index contributed by atoms with van der Waals surface area (Å²) in [7, 11) is 0. The summed E-state index contributed by atoms with van der Waals surface area (Å²) < 4.78 is 4.83. The van der Waals surface area contributed by atoms with Crippen molar-refractivity contribution in [1.29, 1.82) is 0 Å². The molecule has 1 rings (SSSR count). The van der Waals surface area contributed by atoms with E-state index in [2.05, 4.69) is 5.32 Å². The Kier molecular flexibility index (Phi) is 6.19. The van der Waals surface area contributed by atoms with Gasteiger partial charge in [-0.3, -0.25) is 4.79 Å². The van der Waals surface area contributed by atoms with Gasteiger partial charge in [-0.05, 0) is 0 Å². The maximum atomic E-state index is 11.2. The highest BCUT2D eigenvalue weighted by molar-refractivity contribution is 5.78. The molecule has 1 amide bonds. The van der Waals surface area contributed by atoms with E-state index in [4.69, 9.17) is 20.1 Å². The van der Waals surface area contributed by atoms with Crippen molar-refractivity contribution < 1.29 is 50.1 Å². The normalized spacial score (nSPS) is 34.7. The fraction of sp³-hybridized carbons (Fsp3) is 0.818. The number of rotatable bonds is 6. The van der Waals surface area contributed by atoms with Crippen LogP contribution in [0.15, 0.2) is 0 Å². The van der Waals surface area contributed by atoms with Gasteiger partial charge in [-0.25, -0.2) is 4.79 Å². The quantitative estimate of drug-likeness (QED) is 0.234. The lowest BCUT2D eigenvalue weighted by atomic mass is 9.88. The second kappa shape index (κ2) is 7.28. The molecule has 128 valence electrons. The molecule has 8 N–H and O–H groups in total. The van der Waals surface area contributed by atoms with Gasteiger partial charge in [0.1, 0.15) is 24.9 Å². The van der Waals surface area contributed by atoms with Crippen molar-refractivity contribution in [2.24, 2.45) is 0 Å². The molecule has 2 unspecified atom stereocenters. The van der Waals surface area contributed by atoms with Crippen LogP contribution in [0, 0.1) is 0 Å². The number of hydrogen-bond acceptors (Lipinski definition) is 9. The minimum absolute atomic E-state index is 0.822. The molecular formula is C11H19NO10. The zero-order valence-electron chi connectivity index (χ0n) is 11.4. The van der Waals surface area contributed by atoms with E-state index >= 15 is 0 Å². The molecule has 22 heavy (non-hydrogen) atoms. The van der Waals surface area contributed by atoms with E-state index in [0.717, 1.165) is 0 Å². The zero-order valence-corrected chi connectivity index (χ0v) is 11.4. The maximum Gasteiger partial charge on any atom is 0.364 e. The molecule has 11 nitrogen and oxygen atoms in total. The molecule has 0 bridgehead atoms. The minimum Gasteiger partial charge on any atom is -0.477 e. The molecule has 1 heterocycles. The number of carboxylic acids is 1. The lowest BCUT2D eigenvalue weighted by molar-refractivity contribution is -0.295. The summed E-state index contributed by atoms with van der Waals surface area (Å²) in [5.74, 6) is -5.64. The summed E-state index contributed by atoms with van der Waals surface area (Å²) in [5.41, 5.74) is 0. The van der Waals surface area contributed by atoms with E-state index in [1.165, 1.54) is 0 Å². The molecular weight excluding hydrogens is 306 g/mol. The Labute approximate surface area is 124 Å². The lowest BCUT2D eigenvalue weighted by Crippen LogP contribution is -2.67. The number of aliphatic hydroxyl groups is 6. The molecule has 0 radical (unpaired) electrons. The van der Waals surface area contributed by atoms with Crippen molar-refractivity contribution in [3.8, 4) is 0 Å². The Morgan fingerprint density at radius 3 is 2.36 bits per heavy atom. The van der Waals surface area contributed by atoms with Gasteiger partial charge in [0.25, 0.3) is 5.79 Å². The Morgan fingerprint density at radius 2 is 1.91 bits per heavy atom. The molecule has 0 aromatic carbocycles. The van der Waals surface area contributed by atoms with Gasteiger partial charge in [0.05, 0.1) is 18.8 Å². The van der Waals surface area contributed by atoms with Crippen LogP contribution in [0.5, 0.6) is 0 Å². The smallest absolute Gasteiger partial charge is 0.364 e. The van der Waals surface area contributed by atoms with E-state index in [-0.39, 0.29) is 0 Å². The van der Waals surface area contributed by atoms with Crippen molar-refractivity contribution in [3.05, 3.63) is 0 Å². The van der Waals surface area contributed by atoms with Crippen molar-refractivity contribution >= 4 is 11.9 Å². The summed E-state index contributed by atoms with van der Waals surface area (Å²) >= 11 is 0. The van der Waals surface area contributed by atoms with Crippen LogP contribution in [0.3, 0.4) is 0 Å². The van der Waals surface area contributed by atoms with Crippen LogP contribution in [-0.4, -0.2) is 97.1 Å². The van der Waals surface area contributed by atoms with E-state index in [9.17, 15) is 30.0 Å². The average Bonchev–Trinajstić information content (AvgIpc) is 2.47. The highest BCUT2D eigenvalue weighted by Crippen LogP contribution is 2.30. The topological polar surface area (TPSA) is 197 Å². The molecule has 1 saturated heterocycles. The van der Waals surface area contributed by atoms with Gasteiger partial charge in [0, 0.05) is 6.42 Å². The number of hydrogen-bond donors (Lipinski definition) is 8. The first-order valence-electron chi connectivity index (χ1n) is 6.35. The maximum absolute atomic E-state index is 11.2. The van der Waals surface area contributed by atoms with Crippen molar-refractivity contribution in [3.63, 3.8) is 0 Å². The standard InChI is InChI=1S/C11H19NO10/c13-2-5(16)8(18)9-7(12-6(17)3-14)4(15)1-11(21,22-9)10(19)20/h4-5,7-9,13-16,18,21H,1-3H2,(H,12,17)(H,19,20)/t4?,5-,7-,8-,9?,11-/m1/s1. The molecule has 6 atom stereocenters. The number of ether oxygens (including phenoxy) is 1. The second-order valence-corrected chi connectivity index (χ2v) is 4.94. The van der Waals surface area contributed by atoms with Crippen LogP contribution in [0.4, 0.5) is 0 Å². The van der Waals surface area contributed by atoms with Gasteiger partial charge in [0.2, 0.25) is 5.91 Å². The van der Waals surface area contributed by atoms with Crippen LogP contribution >= 0.6 is 0 Å². The molecule has 0 spiro atoms. The first-order valence-corrected chi connectivity index (χ1v) is 6.35. The highest BCUT2D eigenvalue weighted by atomic mass is 16.7. The van der Waals surface area contributed by atoms with Gasteiger partial charge in [-0.1, -0.05) is 0 Å². The van der Waals surface area contributed by atoms with Gasteiger partial charge in [0.15, 0.2) is 0 Å². The highest BCUT2D eigenvalue weighted by Gasteiger charge is 2.53. The molecule has 1 fully saturated rings. The van der Waals surface area contributed by atoms with E-state index in [1.54, 1.807) is 0 Å². The minimum atomic E-state index is -2.85. The monoisotopic (exact) mass is 325 g/mol. The van der Waals surface area contributed by atoms with Crippen LogP contribution in [-0.2, 0) is 14.3 Å². The van der Waals surface area contributed by atoms with Crippen LogP contribution < -0.4 is 5.32 Å². The first-order chi connectivity index (χ1) is 10.2. The number of carbonyl (C=O) groups is 2. The second-order valence-electron chi connectivity index (χ2n) is 4.94. The third-order valence-corrected chi connectivity index (χ3v) is 3.31. The number of carboxylic acid groups (broad SMARTS) is 1. The average molecular weight is 325 g/mol. The van der Waals surface area contributed by atoms with Crippen molar-refractivity contribution in [2.75, 3.05) is 13.2 Å². The van der Waals surface area contributed by atoms with Crippen LogP contribution in [0.25, 0.3) is 0 Å². The number of aliphatic hydroxyl groups excluding tert-OH is 5. The molecule has 0 saturated carbocycles. The van der Waals surface area contributed by atoms with Gasteiger partial charge in [-0.2, -0.15) is 0 Å². The van der Waals surface area contributed by atoms with Crippen molar-refractivity contribution in [2.45, 2.75) is 42.7 Å². The molecule has 11 heteroatoms. The van der Waals surface area contributed by atoms with Crippen LogP contribution in [0.2, 0.25) is 0 Å². The summed E-state index contributed by atoms with van der Waals surface area (Å²) in [5, 5.41) is 67.5. The molecule has 0 aliphatic carbocycles. The number of carbonyl (C=O) groups excluding carboxylic acids is 1. The Morgan fingerprint density at radius 1 is 1.32 bits per heavy atom. The Hall–Kier alpha value is -1.34. The molecule has 0 aromatic heterocycles. The fourth-order valence-electron chi connectivity index (χ4n) is 2.13. The van der Waals surface area contributed by atoms with Crippen LogP contribution in [0.1, 0.15) is 6.42 Å². The first kappa shape index (κ1) is 18.7. The van der Waals surface area contributed by atoms with E-state index < -0.39 is 67.8 Å². The van der Waals surface area contributed by atoms with Gasteiger partial charge < -0.3 is 45.8 Å². The predicted octanol–water partition coefficient (Wildman–Crippen LogP) is -4.90. The lowest BCUT2D eigenvalue weighted by Gasteiger charge is -2.44. The summed E-state index contributed by atoms with van der Waals surface area (Å²) in [6, 6.07) is -1.42. The third kappa shape index (κ3) is 3.89. The number of aliphatic carboxylic acids is 1. The van der Waals surface area contributed by atoms with Gasteiger partial charge in [-0.15, -0.1) is 0 Å². The van der Waals surface area contributed by atoms with E-state index in [1.807, 2.05) is 0 Å². The summed E-state index contributed by atoms with van der Waals surface area (Å²) in [6.45, 7) is -1.86. The largest absolute Gasteiger partial charge is 0.477 e. The van der Waals surface area contributed by atoms with E-state index in [0.29, 0.717) is 0 Å².